The molecule has 0 aliphatic carbocycles. The van der Waals surface area contributed by atoms with Crippen molar-refractivity contribution < 1.29 is 5.11 Å². The molecule has 100 valence electrons. The van der Waals surface area contributed by atoms with E-state index in [2.05, 4.69) is 18.2 Å². The van der Waals surface area contributed by atoms with Crippen molar-refractivity contribution >= 4 is 21.8 Å². The lowest BCUT2D eigenvalue weighted by Crippen LogP contribution is -2.15. The van der Waals surface area contributed by atoms with Gasteiger partial charge in [-0.3, -0.25) is 4.57 Å². The molecule has 4 aromatic rings. The molecular weight excluding hydrogens is 260 g/mol. The van der Waals surface area contributed by atoms with Gasteiger partial charge in [0.05, 0.1) is 11.0 Å². The fraction of sp³-hybridized carbons (Fsp3) is 0.0556. The molecule has 0 saturated carbocycles. The summed E-state index contributed by atoms with van der Waals surface area (Å²) in [6.45, 7) is 0. The zero-order valence-corrected chi connectivity index (χ0v) is 11.2. The summed E-state index contributed by atoms with van der Waals surface area (Å²) in [7, 11) is 0. The second-order valence-electron chi connectivity index (χ2n) is 5.42. The summed E-state index contributed by atoms with van der Waals surface area (Å²) >= 11 is 0. The molecule has 1 atom stereocenters. The molecule has 1 aromatic heterocycles. The molecule has 21 heavy (non-hydrogen) atoms. The van der Waals surface area contributed by atoms with Gasteiger partial charge in [0.1, 0.15) is 5.82 Å². The van der Waals surface area contributed by atoms with E-state index in [1.54, 1.807) is 0 Å². The molecule has 0 saturated heterocycles. The zero-order chi connectivity index (χ0) is 14.0. The second-order valence-corrected chi connectivity index (χ2v) is 5.42. The SMILES string of the molecule is OC1c2cccc3cccc(c23)-c2nc3ccccc3n21. The number of aromatic nitrogens is 2. The Hall–Kier alpha value is -2.65. The number of nitrogens with zero attached hydrogens (tertiary/aromatic N) is 2. The smallest absolute Gasteiger partial charge is 0.159 e. The lowest BCUT2D eigenvalue weighted by molar-refractivity contribution is 0.152. The third-order valence-corrected chi connectivity index (χ3v) is 4.30. The van der Waals surface area contributed by atoms with E-state index in [4.69, 9.17) is 4.98 Å². The molecular formula is C18H12N2O. The summed E-state index contributed by atoms with van der Waals surface area (Å²) < 4.78 is 1.92. The fourth-order valence-corrected chi connectivity index (χ4v) is 3.39. The number of aliphatic hydroxyl groups is 1. The summed E-state index contributed by atoms with van der Waals surface area (Å²) in [4.78, 5) is 4.73. The molecule has 2 heterocycles. The van der Waals surface area contributed by atoms with Crippen LogP contribution in [0, 0.1) is 0 Å². The molecule has 5 rings (SSSR count). The first kappa shape index (κ1) is 11.1. The normalized spacial score (nSPS) is 16.3. The Kier molecular flexibility index (Phi) is 1.95. The first-order valence-corrected chi connectivity index (χ1v) is 7.01. The molecule has 1 aliphatic heterocycles. The van der Waals surface area contributed by atoms with E-state index in [9.17, 15) is 5.11 Å². The Bertz CT molecular complexity index is 1010. The van der Waals surface area contributed by atoms with Gasteiger partial charge in [-0.15, -0.1) is 0 Å². The molecule has 3 nitrogen and oxygen atoms in total. The summed E-state index contributed by atoms with van der Waals surface area (Å²) in [5, 5.41) is 13.1. The van der Waals surface area contributed by atoms with E-state index in [0.29, 0.717) is 0 Å². The predicted octanol–water partition coefficient (Wildman–Crippen LogP) is 3.71. The van der Waals surface area contributed by atoms with Crippen molar-refractivity contribution in [3.63, 3.8) is 0 Å². The Morgan fingerprint density at radius 2 is 1.71 bits per heavy atom. The van der Waals surface area contributed by atoms with E-state index in [0.717, 1.165) is 38.8 Å². The number of fused-ring (bicyclic) bond motifs is 4. The van der Waals surface area contributed by atoms with Gasteiger partial charge in [0, 0.05) is 16.5 Å². The molecule has 0 fully saturated rings. The van der Waals surface area contributed by atoms with Gasteiger partial charge in [-0.1, -0.05) is 48.5 Å². The van der Waals surface area contributed by atoms with Crippen molar-refractivity contribution in [1.82, 2.24) is 9.55 Å². The van der Waals surface area contributed by atoms with Crippen LogP contribution >= 0.6 is 0 Å². The Morgan fingerprint density at radius 3 is 2.62 bits per heavy atom. The van der Waals surface area contributed by atoms with E-state index in [-0.39, 0.29) is 0 Å². The Balaban J connectivity index is 2.03. The summed E-state index contributed by atoms with van der Waals surface area (Å²) in [5.74, 6) is 0.841. The zero-order valence-electron chi connectivity index (χ0n) is 11.2. The van der Waals surface area contributed by atoms with Crippen molar-refractivity contribution in [3.05, 3.63) is 66.2 Å². The lowest BCUT2D eigenvalue weighted by atomic mass is 9.95. The van der Waals surface area contributed by atoms with E-state index < -0.39 is 6.23 Å². The average molecular weight is 272 g/mol. The largest absolute Gasteiger partial charge is 0.369 e. The van der Waals surface area contributed by atoms with Gasteiger partial charge in [0.25, 0.3) is 0 Å². The van der Waals surface area contributed by atoms with E-state index in [1.165, 1.54) is 0 Å². The maximum Gasteiger partial charge on any atom is 0.159 e. The predicted molar refractivity (Wildman–Crippen MR) is 83.0 cm³/mol. The summed E-state index contributed by atoms with van der Waals surface area (Å²) in [6.07, 6.45) is -0.689. The van der Waals surface area contributed by atoms with E-state index in [1.807, 2.05) is 47.0 Å². The highest BCUT2D eigenvalue weighted by Gasteiger charge is 2.27. The van der Waals surface area contributed by atoms with Crippen LogP contribution in [-0.4, -0.2) is 14.7 Å². The topological polar surface area (TPSA) is 38.1 Å². The van der Waals surface area contributed by atoms with Crippen LogP contribution in [0.2, 0.25) is 0 Å². The minimum atomic E-state index is -0.689. The van der Waals surface area contributed by atoms with Crippen LogP contribution in [0.4, 0.5) is 0 Å². The molecule has 0 spiro atoms. The number of aliphatic hydroxyl groups excluding tert-OH is 1. The number of benzene rings is 3. The van der Waals surface area contributed by atoms with Gasteiger partial charge in [0.2, 0.25) is 0 Å². The molecule has 3 aromatic carbocycles. The summed E-state index contributed by atoms with van der Waals surface area (Å²) in [6, 6.07) is 20.2. The number of hydrogen-bond donors (Lipinski definition) is 1. The minimum Gasteiger partial charge on any atom is -0.369 e. The standard InChI is InChI=1S/C18H12N2O/c21-18-13-8-4-6-11-5-3-7-12(16(11)13)17-19-14-9-1-2-10-15(14)20(17)18/h1-10,18,21H. The highest BCUT2D eigenvalue weighted by atomic mass is 16.3. The monoisotopic (exact) mass is 272 g/mol. The molecule has 1 unspecified atom stereocenters. The Labute approximate surface area is 121 Å². The number of para-hydroxylation sites is 2. The summed E-state index contributed by atoms with van der Waals surface area (Å²) in [5.41, 5.74) is 3.91. The van der Waals surface area contributed by atoms with Gasteiger partial charge in [-0.2, -0.15) is 0 Å². The third kappa shape index (κ3) is 1.29. The van der Waals surface area contributed by atoms with Crippen LogP contribution < -0.4 is 0 Å². The maximum atomic E-state index is 10.8. The fourth-order valence-electron chi connectivity index (χ4n) is 3.39. The van der Waals surface area contributed by atoms with Crippen molar-refractivity contribution in [1.29, 1.82) is 0 Å². The van der Waals surface area contributed by atoms with Crippen LogP contribution in [0.3, 0.4) is 0 Å². The van der Waals surface area contributed by atoms with Crippen LogP contribution in [0.1, 0.15) is 11.8 Å². The molecule has 0 amide bonds. The maximum absolute atomic E-state index is 10.8. The van der Waals surface area contributed by atoms with E-state index >= 15 is 0 Å². The highest BCUT2D eigenvalue weighted by molar-refractivity contribution is 6.01. The quantitative estimate of drug-likeness (QED) is 0.530. The van der Waals surface area contributed by atoms with Crippen LogP contribution in [0.15, 0.2) is 60.7 Å². The van der Waals surface area contributed by atoms with Gasteiger partial charge in [0.15, 0.2) is 6.23 Å². The van der Waals surface area contributed by atoms with Gasteiger partial charge >= 0.3 is 0 Å². The number of hydrogen-bond acceptors (Lipinski definition) is 2. The Morgan fingerprint density at radius 1 is 0.905 bits per heavy atom. The molecule has 1 N–H and O–H groups in total. The third-order valence-electron chi connectivity index (χ3n) is 4.30. The van der Waals surface area contributed by atoms with Gasteiger partial charge in [-0.25, -0.2) is 4.98 Å². The number of rotatable bonds is 0. The van der Waals surface area contributed by atoms with Crippen molar-refractivity contribution in [3.8, 4) is 11.4 Å². The van der Waals surface area contributed by atoms with Gasteiger partial charge in [-0.05, 0) is 17.5 Å². The van der Waals surface area contributed by atoms with Crippen molar-refractivity contribution in [2.75, 3.05) is 0 Å². The van der Waals surface area contributed by atoms with Crippen LogP contribution in [0.5, 0.6) is 0 Å². The second kappa shape index (κ2) is 3.71. The number of imidazole rings is 1. The van der Waals surface area contributed by atoms with Crippen LogP contribution in [0.25, 0.3) is 33.2 Å². The first-order valence-electron chi connectivity index (χ1n) is 7.01. The highest BCUT2D eigenvalue weighted by Crippen LogP contribution is 2.41. The molecule has 0 radical (unpaired) electrons. The minimum absolute atomic E-state index is 0.689. The molecule has 3 heteroatoms. The van der Waals surface area contributed by atoms with Gasteiger partial charge < -0.3 is 5.11 Å². The lowest BCUT2D eigenvalue weighted by Gasteiger charge is -2.25. The molecule has 0 bridgehead atoms. The average Bonchev–Trinajstić information content (AvgIpc) is 2.92. The molecule has 1 aliphatic rings. The van der Waals surface area contributed by atoms with Crippen molar-refractivity contribution in [2.24, 2.45) is 0 Å². The van der Waals surface area contributed by atoms with Crippen LogP contribution in [-0.2, 0) is 0 Å². The first-order chi connectivity index (χ1) is 10.3. The van der Waals surface area contributed by atoms with Crippen molar-refractivity contribution in [2.45, 2.75) is 6.23 Å².